The molecule has 3 rings (SSSR count). The molecule has 0 spiro atoms. The van der Waals surface area contributed by atoms with Gasteiger partial charge in [0.25, 0.3) is 5.56 Å². The number of ether oxygens (including phenoxy) is 1. The number of benzene rings is 2. The average Bonchev–Trinajstić information content (AvgIpc) is 2.87. The molecular formula is C30H35FN2O6S. The van der Waals surface area contributed by atoms with E-state index in [4.69, 9.17) is 4.74 Å². The van der Waals surface area contributed by atoms with E-state index in [1.54, 1.807) is 39.8 Å². The molecule has 0 radical (unpaired) electrons. The third kappa shape index (κ3) is 7.65. The molecule has 0 fully saturated rings. The summed E-state index contributed by atoms with van der Waals surface area (Å²) < 4.78 is 46.4. The molecule has 214 valence electrons. The van der Waals surface area contributed by atoms with E-state index in [-0.39, 0.29) is 34.7 Å². The standard InChI is InChI=1S/C30H35FN2O6S/c1-7-19-9-12-23(26(31)14-19)28(35)22-11-10-20(18-40(37,38)8-2)13-24(22)25-17-33(6)27(34)15-21(25)16-32-29(36)39-30(3,4)5/h9-15,17H,7-8,16,18H2,1-6H3,(H,32,36). The van der Waals surface area contributed by atoms with Crippen LogP contribution in [0.15, 0.2) is 53.5 Å². The normalized spacial score (nSPS) is 11.8. The summed E-state index contributed by atoms with van der Waals surface area (Å²) in [4.78, 5) is 38.6. The number of nitrogens with zero attached hydrogens (tertiary/aromatic N) is 1. The molecule has 0 aliphatic rings. The number of hydrogen-bond acceptors (Lipinski definition) is 6. The number of nitrogens with one attached hydrogen (secondary N) is 1. The van der Waals surface area contributed by atoms with E-state index in [1.807, 2.05) is 6.92 Å². The summed E-state index contributed by atoms with van der Waals surface area (Å²) in [6.07, 6.45) is 1.41. The predicted octanol–water partition coefficient (Wildman–Crippen LogP) is 4.94. The van der Waals surface area contributed by atoms with Gasteiger partial charge in [-0.25, -0.2) is 17.6 Å². The van der Waals surface area contributed by atoms with Gasteiger partial charge in [-0.15, -0.1) is 0 Å². The Morgan fingerprint density at radius 2 is 1.62 bits per heavy atom. The number of alkyl carbamates (subject to hydrolysis) is 1. The van der Waals surface area contributed by atoms with E-state index >= 15 is 0 Å². The maximum Gasteiger partial charge on any atom is 0.407 e. The van der Waals surface area contributed by atoms with Gasteiger partial charge in [0, 0.05) is 42.7 Å². The van der Waals surface area contributed by atoms with E-state index < -0.39 is 33.1 Å². The minimum absolute atomic E-state index is 0.0666. The molecule has 0 unspecified atom stereocenters. The fourth-order valence-corrected chi connectivity index (χ4v) is 5.00. The predicted molar refractivity (Wildman–Crippen MR) is 153 cm³/mol. The third-order valence-electron chi connectivity index (χ3n) is 6.27. The highest BCUT2D eigenvalue weighted by atomic mass is 32.2. The lowest BCUT2D eigenvalue weighted by Gasteiger charge is -2.20. The van der Waals surface area contributed by atoms with Crippen LogP contribution in [0.4, 0.5) is 9.18 Å². The Morgan fingerprint density at radius 1 is 0.975 bits per heavy atom. The molecule has 8 nitrogen and oxygen atoms in total. The van der Waals surface area contributed by atoms with Gasteiger partial charge in [-0.05, 0) is 67.6 Å². The summed E-state index contributed by atoms with van der Waals surface area (Å²) in [7, 11) is -1.87. The number of halogens is 1. The first-order chi connectivity index (χ1) is 18.6. The van der Waals surface area contributed by atoms with Crippen LogP contribution in [-0.2, 0) is 40.3 Å². The second-order valence-electron chi connectivity index (χ2n) is 10.6. The van der Waals surface area contributed by atoms with Crippen molar-refractivity contribution in [1.82, 2.24) is 9.88 Å². The molecule has 3 aromatic rings. The molecule has 2 aromatic carbocycles. The summed E-state index contributed by atoms with van der Waals surface area (Å²) in [6, 6.07) is 10.3. The molecule has 0 aliphatic carbocycles. The number of sulfone groups is 1. The van der Waals surface area contributed by atoms with Gasteiger partial charge < -0.3 is 14.6 Å². The van der Waals surface area contributed by atoms with Crippen LogP contribution in [0.5, 0.6) is 0 Å². The number of rotatable bonds is 9. The van der Waals surface area contributed by atoms with Crippen LogP contribution in [0.25, 0.3) is 11.1 Å². The highest BCUT2D eigenvalue weighted by Crippen LogP contribution is 2.31. The van der Waals surface area contributed by atoms with Crippen molar-refractivity contribution in [3.63, 3.8) is 0 Å². The topological polar surface area (TPSA) is 112 Å². The van der Waals surface area contributed by atoms with E-state index in [0.717, 1.165) is 5.56 Å². The maximum atomic E-state index is 15.0. The first kappa shape index (κ1) is 30.7. The lowest BCUT2D eigenvalue weighted by atomic mass is 9.90. The van der Waals surface area contributed by atoms with Crippen molar-refractivity contribution in [3.8, 4) is 11.1 Å². The number of pyridine rings is 1. The number of carbonyl (C=O) groups is 2. The number of ketones is 1. The molecule has 10 heteroatoms. The second kappa shape index (κ2) is 12.2. The second-order valence-corrected chi connectivity index (χ2v) is 12.9. The van der Waals surface area contributed by atoms with Crippen LogP contribution in [0.1, 0.15) is 67.2 Å². The summed E-state index contributed by atoms with van der Waals surface area (Å²) in [5.74, 6) is -1.59. The summed E-state index contributed by atoms with van der Waals surface area (Å²) in [5, 5.41) is 2.63. The molecule has 0 aliphatic heterocycles. The van der Waals surface area contributed by atoms with Gasteiger partial charge in [-0.1, -0.05) is 32.0 Å². The van der Waals surface area contributed by atoms with Crippen molar-refractivity contribution in [2.45, 2.75) is 58.9 Å². The average molecular weight is 571 g/mol. The molecule has 1 amide bonds. The van der Waals surface area contributed by atoms with E-state index in [2.05, 4.69) is 5.32 Å². The quantitative estimate of drug-likeness (QED) is 0.365. The Morgan fingerprint density at radius 3 is 2.23 bits per heavy atom. The van der Waals surface area contributed by atoms with Crippen LogP contribution in [0, 0.1) is 5.82 Å². The Kier molecular flexibility index (Phi) is 9.35. The highest BCUT2D eigenvalue weighted by Gasteiger charge is 2.23. The maximum absolute atomic E-state index is 15.0. The molecule has 0 saturated carbocycles. The molecule has 0 bridgehead atoms. The zero-order valence-electron chi connectivity index (χ0n) is 23.6. The van der Waals surface area contributed by atoms with E-state index in [1.165, 1.54) is 48.1 Å². The van der Waals surface area contributed by atoms with Crippen molar-refractivity contribution in [1.29, 1.82) is 0 Å². The third-order valence-corrected chi connectivity index (χ3v) is 7.92. The van der Waals surface area contributed by atoms with Crippen LogP contribution in [-0.4, -0.2) is 36.2 Å². The van der Waals surface area contributed by atoms with Crippen molar-refractivity contribution < 1.29 is 27.1 Å². The molecule has 1 N–H and O–H groups in total. The van der Waals surface area contributed by atoms with E-state index in [9.17, 15) is 27.2 Å². The van der Waals surface area contributed by atoms with Gasteiger partial charge in [-0.2, -0.15) is 0 Å². The SMILES string of the molecule is CCc1ccc(C(=O)c2ccc(CS(=O)(=O)CC)cc2-c2cn(C)c(=O)cc2CNC(=O)OC(C)(C)C)c(F)c1. The number of aryl methyl sites for hydroxylation is 2. The van der Waals surface area contributed by atoms with Gasteiger partial charge in [0.2, 0.25) is 0 Å². The summed E-state index contributed by atoms with van der Waals surface area (Å²) >= 11 is 0. The molecule has 0 atom stereocenters. The highest BCUT2D eigenvalue weighted by molar-refractivity contribution is 7.90. The van der Waals surface area contributed by atoms with Gasteiger partial charge in [0.1, 0.15) is 11.4 Å². The number of carbonyl (C=O) groups excluding carboxylic acids is 2. The summed E-state index contributed by atoms with van der Waals surface area (Å²) in [6.45, 7) is 8.47. The molecular weight excluding hydrogens is 535 g/mol. The van der Waals surface area contributed by atoms with Crippen LogP contribution in [0.2, 0.25) is 0 Å². The fraction of sp³-hybridized carbons (Fsp3) is 0.367. The first-order valence-electron chi connectivity index (χ1n) is 13.0. The van der Waals surface area contributed by atoms with Crippen LogP contribution >= 0.6 is 0 Å². The fourth-order valence-electron chi connectivity index (χ4n) is 4.10. The Bertz CT molecular complexity index is 1600. The summed E-state index contributed by atoms with van der Waals surface area (Å²) in [5.41, 5.74) is 1.15. The first-order valence-corrected chi connectivity index (χ1v) is 14.8. The molecule has 40 heavy (non-hydrogen) atoms. The molecule has 0 saturated heterocycles. The largest absolute Gasteiger partial charge is 0.444 e. The van der Waals surface area contributed by atoms with Gasteiger partial charge in [0.05, 0.1) is 11.3 Å². The van der Waals surface area contributed by atoms with Gasteiger partial charge in [0.15, 0.2) is 15.6 Å². The van der Waals surface area contributed by atoms with Gasteiger partial charge in [-0.3, -0.25) is 9.59 Å². The van der Waals surface area contributed by atoms with E-state index in [0.29, 0.717) is 28.7 Å². The van der Waals surface area contributed by atoms with Crippen molar-refractivity contribution in [2.24, 2.45) is 7.05 Å². The number of amides is 1. The zero-order chi connectivity index (χ0) is 29.8. The Labute approximate surface area is 234 Å². The lowest BCUT2D eigenvalue weighted by Crippen LogP contribution is -2.32. The Balaban J connectivity index is 2.20. The van der Waals surface area contributed by atoms with Crippen molar-refractivity contribution in [2.75, 3.05) is 5.75 Å². The van der Waals surface area contributed by atoms with Crippen LogP contribution in [0.3, 0.4) is 0 Å². The minimum Gasteiger partial charge on any atom is -0.444 e. The number of hydrogen-bond donors (Lipinski definition) is 1. The smallest absolute Gasteiger partial charge is 0.407 e. The van der Waals surface area contributed by atoms with Gasteiger partial charge >= 0.3 is 6.09 Å². The van der Waals surface area contributed by atoms with Crippen molar-refractivity contribution >= 4 is 21.7 Å². The molecule has 1 heterocycles. The van der Waals surface area contributed by atoms with Crippen LogP contribution < -0.4 is 10.9 Å². The van der Waals surface area contributed by atoms with Crippen molar-refractivity contribution in [3.05, 3.63) is 92.6 Å². The Hall–Kier alpha value is -3.79. The molecule has 1 aromatic heterocycles. The number of aromatic nitrogens is 1. The lowest BCUT2D eigenvalue weighted by molar-refractivity contribution is 0.0523. The minimum atomic E-state index is -3.41. The monoisotopic (exact) mass is 570 g/mol. The zero-order valence-corrected chi connectivity index (χ0v) is 24.4.